The molecule has 3 rings (SSSR count). The fourth-order valence-electron chi connectivity index (χ4n) is 3.35. The molecule has 1 aromatic rings. The molecule has 2 bridgehead atoms. The molecule has 0 saturated carbocycles. The Balaban J connectivity index is 1.77. The van der Waals surface area contributed by atoms with Gasteiger partial charge in [-0.2, -0.15) is 0 Å². The molecule has 18 heavy (non-hydrogen) atoms. The van der Waals surface area contributed by atoms with E-state index in [2.05, 4.69) is 4.90 Å². The van der Waals surface area contributed by atoms with Gasteiger partial charge in [-0.05, 0) is 43.4 Å². The van der Waals surface area contributed by atoms with Crippen LogP contribution in [0.15, 0.2) is 18.2 Å². The summed E-state index contributed by atoms with van der Waals surface area (Å²) in [6, 6.07) is 5.52. The average molecular weight is 270 g/mol. The summed E-state index contributed by atoms with van der Waals surface area (Å²) < 4.78 is 13.0. The molecule has 2 nitrogen and oxygen atoms in total. The van der Waals surface area contributed by atoms with Crippen LogP contribution in [-0.2, 0) is 6.54 Å². The Morgan fingerprint density at radius 1 is 1.28 bits per heavy atom. The minimum absolute atomic E-state index is 0.151. The molecule has 0 spiro atoms. The molecule has 1 aromatic carbocycles. The smallest absolute Gasteiger partial charge is 0.124 e. The number of hydrogen-bond donors (Lipinski definition) is 1. The number of fused-ring (bicyclic) bond motifs is 2. The van der Waals surface area contributed by atoms with E-state index >= 15 is 0 Å². The van der Waals surface area contributed by atoms with Crippen LogP contribution in [0, 0.1) is 5.82 Å². The number of halogens is 2. The number of piperidine rings is 1. The molecule has 2 heterocycles. The van der Waals surface area contributed by atoms with Crippen LogP contribution < -0.4 is 0 Å². The number of hydrogen-bond acceptors (Lipinski definition) is 2. The quantitative estimate of drug-likeness (QED) is 0.892. The third-order valence-corrected chi connectivity index (χ3v) is 4.58. The third kappa shape index (κ3) is 2.27. The fourth-order valence-corrected chi connectivity index (χ4v) is 3.58. The zero-order valence-corrected chi connectivity index (χ0v) is 10.9. The number of rotatable bonds is 2. The van der Waals surface area contributed by atoms with E-state index < -0.39 is 0 Å². The molecule has 0 aliphatic carbocycles. The third-order valence-electron chi connectivity index (χ3n) is 4.23. The molecule has 0 amide bonds. The highest BCUT2D eigenvalue weighted by Gasteiger charge is 2.39. The lowest BCUT2D eigenvalue weighted by atomic mass is 9.99. The van der Waals surface area contributed by atoms with Gasteiger partial charge in [0.1, 0.15) is 5.82 Å². The number of aliphatic hydroxyl groups excluding tert-OH is 1. The predicted octanol–water partition coefficient (Wildman–Crippen LogP) is 2.97. The van der Waals surface area contributed by atoms with Gasteiger partial charge in [0.05, 0.1) is 6.10 Å². The van der Waals surface area contributed by atoms with E-state index in [1.807, 2.05) is 0 Å². The lowest BCUT2D eigenvalue weighted by molar-refractivity contribution is 0.0310. The van der Waals surface area contributed by atoms with Crippen LogP contribution in [0.2, 0.25) is 5.02 Å². The summed E-state index contributed by atoms with van der Waals surface area (Å²) >= 11 is 6.08. The second-order valence-corrected chi connectivity index (χ2v) is 5.83. The standard InChI is InChI=1S/C14H17ClFNO/c15-14-5-10(16)2-1-9(14)8-17-11-3-4-12(17)7-13(18)6-11/h1-2,5,11-13,18H,3-4,6-8H2. The molecule has 2 fully saturated rings. The summed E-state index contributed by atoms with van der Waals surface area (Å²) in [6.07, 6.45) is 3.87. The predicted molar refractivity (Wildman–Crippen MR) is 69.0 cm³/mol. The van der Waals surface area contributed by atoms with E-state index in [1.165, 1.54) is 12.1 Å². The van der Waals surface area contributed by atoms with Crippen molar-refractivity contribution in [3.63, 3.8) is 0 Å². The molecular weight excluding hydrogens is 253 g/mol. The maximum absolute atomic E-state index is 13.0. The van der Waals surface area contributed by atoms with Crippen molar-refractivity contribution in [3.8, 4) is 0 Å². The van der Waals surface area contributed by atoms with Crippen molar-refractivity contribution in [3.05, 3.63) is 34.6 Å². The van der Waals surface area contributed by atoms with Crippen molar-refractivity contribution in [2.45, 2.75) is 50.4 Å². The zero-order chi connectivity index (χ0) is 12.7. The fraction of sp³-hybridized carbons (Fsp3) is 0.571. The van der Waals surface area contributed by atoms with Crippen LogP contribution in [-0.4, -0.2) is 28.2 Å². The molecule has 2 unspecified atom stereocenters. The van der Waals surface area contributed by atoms with E-state index in [9.17, 15) is 9.50 Å². The van der Waals surface area contributed by atoms with E-state index in [0.717, 1.165) is 37.8 Å². The van der Waals surface area contributed by atoms with Gasteiger partial charge >= 0.3 is 0 Å². The Morgan fingerprint density at radius 3 is 2.56 bits per heavy atom. The number of aliphatic hydroxyl groups is 1. The molecule has 4 heteroatoms. The molecule has 0 aromatic heterocycles. The topological polar surface area (TPSA) is 23.5 Å². The molecule has 2 aliphatic rings. The summed E-state index contributed by atoms with van der Waals surface area (Å²) in [6.45, 7) is 0.765. The van der Waals surface area contributed by atoms with Crippen molar-refractivity contribution in [2.24, 2.45) is 0 Å². The first-order valence-electron chi connectivity index (χ1n) is 6.51. The molecule has 2 atom stereocenters. The van der Waals surface area contributed by atoms with Crippen LogP contribution in [0.4, 0.5) is 4.39 Å². The lowest BCUT2D eigenvalue weighted by Crippen LogP contribution is -2.44. The molecule has 0 radical (unpaired) electrons. The number of nitrogens with zero attached hydrogens (tertiary/aromatic N) is 1. The molecule has 98 valence electrons. The van der Waals surface area contributed by atoms with Crippen molar-refractivity contribution in [1.82, 2.24) is 4.90 Å². The second-order valence-electron chi connectivity index (χ2n) is 5.42. The first-order chi connectivity index (χ1) is 8.63. The van der Waals surface area contributed by atoms with Gasteiger partial charge in [-0.15, -0.1) is 0 Å². The van der Waals surface area contributed by atoms with Crippen LogP contribution in [0.5, 0.6) is 0 Å². The monoisotopic (exact) mass is 269 g/mol. The maximum atomic E-state index is 13.0. The zero-order valence-electron chi connectivity index (χ0n) is 10.1. The molecule has 1 N–H and O–H groups in total. The average Bonchev–Trinajstić information content (AvgIpc) is 2.56. The lowest BCUT2D eigenvalue weighted by Gasteiger charge is -2.37. The Hall–Kier alpha value is -0.640. The minimum Gasteiger partial charge on any atom is -0.393 e. The highest BCUT2D eigenvalue weighted by atomic mass is 35.5. The maximum Gasteiger partial charge on any atom is 0.124 e. The summed E-state index contributed by atoms with van der Waals surface area (Å²) in [5, 5.41) is 10.3. The van der Waals surface area contributed by atoms with Gasteiger partial charge in [-0.1, -0.05) is 17.7 Å². The van der Waals surface area contributed by atoms with Gasteiger partial charge in [-0.3, -0.25) is 4.90 Å². The van der Waals surface area contributed by atoms with Crippen molar-refractivity contribution in [2.75, 3.05) is 0 Å². The minimum atomic E-state index is -0.291. The Kier molecular flexibility index (Phi) is 3.31. The van der Waals surface area contributed by atoms with E-state index in [4.69, 9.17) is 11.6 Å². The van der Waals surface area contributed by atoms with E-state index in [1.54, 1.807) is 6.07 Å². The first-order valence-corrected chi connectivity index (χ1v) is 6.89. The highest BCUT2D eigenvalue weighted by molar-refractivity contribution is 6.31. The Bertz CT molecular complexity index is 439. The van der Waals surface area contributed by atoms with Gasteiger partial charge in [-0.25, -0.2) is 4.39 Å². The molecule has 2 aliphatic heterocycles. The van der Waals surface area contributed by atoms with Crippen LogP contribution in [0.25, 0.3) is 0 Å². The summed E-state index contributed by atoms with van der Waals surface area (Å²) in [5.41, 5.74) is 0.978. The molecule has 2 saturated heterocycles. The van der Waals surface area contributed by atoms with Crippen molar-refractivity contribution < 1.29 is 9.50 Å². The largest absolute Gasteiger partial charge is 0.393 e. The van der Waals surface area contributed by atoms with Crippen LogP contribution in [0.3, 0.4) is 0 Å². The van der Waals surface area contributed by atoms with Gasteiger partial charge in [0.25, 0.3) is 0 Å². The Labute approximate surface area is 111 Å². The summed E-state index contributed by atoms with van der Waals surface area (Å²) in [5.74, 6) is -0.291. The summed E-state index contributed by atoms with van der Waals surface area (Å²) in [4.78, 5) is 2.42. The van der Waals surface area contributed by atoms with Gasteiger partial charge in [0, 0.05) is 23.7 Å². The van der Waals surface area contributed by atoms with Crippen LogP contribution in [0.1, 0.15) is 31.2 Å². The summed E-state index contributed by atoms with van der Waals surface area (Å²) in [7, 11) is 0. The normalized spacial score (nSPS) is 31.8. The van der Waals surface area contributed by atoms with E-state index in [-0.39, 0.29) is 11.9 Å². The van der Waals surface area contributed by atoms with Crippen molar-refractivity contribution >= 4 is 11.6 Å². The SMILES string of the molecule is OC1CC2CCC(C1)N2Cc1ccc(F)cc1Cl. The molecular formula is C14H17ClFNO. The van der Waals surface area contributed by atoms with E-state index in [0.29, 0.717) is 17.1 Å². The van der Waals surface area contributed by atoms with Crippen LogP contribution >= 0.6 is 11.6 Å². The van der Waals surface area contributed by atoms with Gasteiger partial charge < -0.3 is 5.11 Å². The first kappa shape index (κ1) is 12.4. The number of benzene rings is 1. The Morgan fingerprint density at radius 2 is 1.94 bits per heavy atom. The second kappa shape index (κ2) is 4.80. The van der Waals surface area contributed by atoms with Gasteiger partial charge in [0.2, 0.25) is 0 Å². The van der Waals surface area contributed by atoms with Gasteiger partial charge in [0.15, 0.2) is 0 Å². The highest BCUT2D eigenvalue weighted by Crippen LogP contribution is 2.37. The van der Waals surface area contributed by atoms with Crippen molar-refractivity contribution in [1.29, 1.82) is 0 Å².